The largest absolute Gasteiger partial charge is 0.481 e. The number of benzene rings is 2. The summed E-state index contributed by atoms with van der Waals surface area (Å²) in [6.07, 6.45) is 0.344. The second kappa shape index (κ2) is 8.47. The van der Waals surface area contributed by atoms with Gasteiger partial charge in [0.15, 0.2) is 6.10 Å². The van der Waals surface area contributed by atoms with Crippen LogP contribution in [0.5, 0.6) is 5.75 Å². The Morgan fingerprint density at radius 2 is 1.93 bits per heavy atom. The van der Waals surface area contributed by atoms with E-state index in [4.69, 9.17) is 9.15 Å². The molecule has 4 rings (SSSR count). The number of amides is 1. The molecule has 0 bridgehead atoms. The Morgan fingerprint density at radius 3 is 2.70 bits per heavy atom. The van der Waals surface area contributed by atoms with Gasteiger partial charge in [-0.3, -0.25) is 4.79 Å². The third-order valence-electron chi connectivity index (χ3n) is 4.97. The number of aromatic nitrogens is 2. The highest BCUT2D eigenvalue weighted by Gasteiger charge is 2.34. The van der Waals surface area contributed by atoms with Crippen LogP contribution >= 0.6 is 11.8 Å². The molecule has 0 saturated heterocycles. The van der Waals surface area contributed by atoms with Gasteiger partial charge in [0.1, 0.15) is 11.6 Å². The Morgan fingerprint density at radius 1 is 1.20 bits per heavy atom. The van der Waals surface area contributed by atoms with Gasteiger partial charge in [0.25, 0.3) is 11.1 Å². The number of thioether (sulfide) groups is 1. The summed E-state index contributed by atoms with van der Waals surface area (Å²) < 4.78 is 24.4. The fourth-order valence-electron chi connectivity index (χ4n) is 3.50. The maximum atomic E-state index is 13.1. The van der Waals surface area contributed by atoms with Gasteiger partial charge in [-0.2, -0.15) is 0 Å². The third kappa shape index (κ3) is 4.18. The number of carbonyl (C=O) groups excluding carboxylic acids is 1. The minimum absolute atomic E-state index is 0.00723. The molecule has 1 amide bonds. The molecule has 156 valence electrons. The number of ether oxygens (including phenoxy) is 1. The van der Waals surface area contributed by atoms with Gasteiger partial charge in [-0.05, 0) is 63.1 Å². The number of hydrogen-bond donors (Lipinski definition) is 0. The number of hydrogen-bond acceptors (Lipinski definition) is 6. The molecule has 0 unspecified atom stereocenters. The zero-order chi connectivity index (χ0) is 21.3. The van der Waals surface area contributed by atoms with E-state index in [1.807, 2.05) is 30.0 Å². The minimum atomic E-state index is -0.506. The normalized spacial score (nSPS) is 17.5. The lowest BCUT2D eigenvalue weighted by Crippen LogP contribution is -2.40. The van der Waals surface area contributed by atoms with Crippen LogP contribution in [-0.2, 0) is 11.2 Å². The Labute approximate surface area is 178 Å². The summed E-state index contributed by atoms with van der Waals surface area (Å²) >= 11 is 1.23. The van der Waals surface area contributed by atoms with Gasteiger partial charge in [0, 0.05) is 11.7 Å². The standard InChI is InChI=1S/C22H22FN3O3S/c1-13-12-16-6-4-5-7-19(16)26(13)21(27)15(3)30-22-25-24-20(29-22)14(2)28-18-10-8-17(23)9-11-18/h4-11,13-15H,12H2,1-3H3/t13-,14+,15-/m0/s1. The van der Waals surface area contributed by atoms with Gasteiger partial charge in [-0.1, -0.05) is 30.0 Å². The lowest BCUT2D eigenvalue weighted by molar-refractivity contribution is -0.118. The topological polar surface area (TPSA) is 68.5 Å². The maximum Gasteiger partial charge on any atom is 0.277 e. The van der Waals surface area contributed by atoms with Crippen molar-refractivity contribution in [2.45, 2.75) is 49.8 Å². The van der Waals surface area contributed by atoms with E-state index in [2.05, 4.69) is 23.2 Å². The fraction of sp³-hybridized carbons (Fsp3) is 0.318. The first-order valence-electron chi connectivity index (χ1n) is 9.75. The van der Waals surface area contributed by atoms with Crippen LogP contribution in [0.15, 0.2) is 58.2 Å². The zero-order valence-electron chi connectivity index (χ0n) is 16.9. The van der Waals surface area contributed by atoms with Gasteiger partial charge < -0.3 is 14.1 Å². The van der Waals surface area contributed by atoms with Gasteiger partial charge in [0.2, 0.25) is 5.91 Å². The molecule has 3 atom stereocenters. The number of nitrogens with zero attached hydrogens (tertiary/aromatic N) is 3. The lowest BCUT2D eigenvalue weighted by atomic mass is 10.1. The molecule has 1 aliphatic heterocycles. The molecule has 1 aromatic heterocycles. The number of halogens is 1. The third-order valence-corrected chi connectivity index (χ3v) is 5.89. The van der Waals surface area contributed by atoms with Crippen molar-refractivity contribution in [2.24, 2.45) is 0 Å². The van der Waals surface area contributed by atoms with E-state index >= 15 is 0 Å². The highest BCUT2D eigenvalue weighted by Crippen LogP contribution is 2.35. The Balaban J connectivity index is 1.40. The molecule has 30 heavy (non-hydrogen) atoms. The van der Waals surface area contributed by atoms with Crippen molar-refractivity contribution in [3.8, 4) is 5.75 Å². The molecule has 0 N–H and O–H groups in total. The van der Waals surface area contributed by atoms with Crippen LogP contribution in [-0.4, -0.2) is 27.4 Å². The van der Waals surface area contributed by atoms with E-state index in [0.717, 1.165) is 12.1 Å². The van der Waals surface area contributed by atoms with Crippen molar-refractivity contribution in [1.29, 1.82) is 0 Å². The molecule has 2 heterocycles. The maximum absolute atomic E-state index is 13.1. The Kier molecular flexibility index (Phi) is 5.76. The molecule has 1 aliphatic rings. The van der Waals surface area contributed by atoms with Crippen LogP contribution in [0.25, 0.3) is 0 Å². The smallest absolute Gasteiger partial charge is 0.277 e. The monoisotopic (exact) mass is 427 g/mol. The summed E-state index contributed by atoms with van der Waals surface area (Å²) in [7, 11) is 0. The SMILES string of the molecule is C[C@H](Sc1nnc([C@@H](C)Oc2ccc(F)cc2)o1)C(=O)N1c2ccccc2C[C@@H]1C. The quantitative estimate of drug-likeness (QED) is 0.526. The number of anilines is 1. The van der Waals surface area contributed by atoms with Gasteiger partial charge in [-0.15, -0.1) is 10.2 Å². The van der Waals surface area contributed by atoms with Crippen LogP contribution in [0.1, 0.15) is 38.3 Å². The molecule has 3 aromatic rings. The van der Waals surface area contributed by atoms with E-state index in [9.17, 15) is 9.18 Å². The van der Waals surface area contributed by atoms with Gasteiger partial charge >= 0.3 is 0 Å². The van der Waals surface area contributed by atoms with E-state index in [1.54, 1.807) is 6.92 Å². The molecule has 0 saturated carbocycles. The summed E-state index contributed by atoms with van der Waals surface area (Å²) in [6, 6.07) is 13.8. The Bertz CT molecular complexity index is 1040. The molecular formula is C22H22FN3O3S. The molecule has 0 radical (unpaired) electrons. The van der Waals surface area contributed by atoms with E-state index < -0.39 is 6.10 Å². The summed E-state index contributed by atoms with van der Waals surface area (Å²) in [6.45, 7) is 5.65. The molecular weight excluding hydrogens is 405 g/mol. The first-order valence-corrected chi connectivity index (χ1v) is 10.6. The first-order chi connectivity index (χ1) is 14.4. The van der Waals surface area contributed by atoms with E-state index in [-0.39, 0.29) is 23.0 Å². The first kappa shape index (κ1) is 20.4. The van der Waals surface area contributed by atoms with Crippen molar-refractivity contribution in [3.63, 3.8) is 0 Å². The summed E-state index contributed by atoms with van der Waals surface area (Å²) in [5.41, 5.74) is 2.15. The average Bonchev–Trinajstić information content (AvgIpc) is 3.32. The molecule has 6 nitrogen and oxygen atoms in total. The van der Waals surface area contributed by atoms with Crippen LogP contribution in [0.3, 0.4) is 0 Å². The van der Waals surface area contributed by atoms with Gasteiger partial charge in [0.05, 0.1) is 5.25 Å². The van der Waals surface area contributed by atoms with E-state index in [1.165, 1.54) is 41.6 Å². The van der Waals surface area contributed by atoms with Crippen molar-refractivity contribution < 1.29 is 18.3 Å². The fourth-order valence-corrected chi connectivity index (χ4v) is 4.24. The van der Waals surface area contributed by atoms with Crippen molar-refractivity contribution in [2.75, 3.05) is 4.90 Å². The van der Waals surface area contributed by atoms with Crippen molar-refractivity contribution >= 4 is 23.4 Å². The predicted octanol–water partition coefficient (Wildman–Crippen LogP) is 4.81. The molecule has 0 fully saturated rings. The number of para-hydroxylation sites is 1. The second-order valence-electron chi connectivity index (χ2n) is 7.27. The number of rotatable bonds is 6. The predicted molar refractivity (Wildman–Crippen MR) is 112 cm³/mol. The number of fused-ring (bicyclic) bond motifs is 1. The summed E-state index contributed by atoms with van der Waals surface area (Å²) in [5, 5.41) is 7.99. The van der Waals surface area contributed by atoms with E-state index in [0.29, 0.717) is 16.9 Å². The highest BCUT2D eigenvalue weighted by atomic mass is 32.2. The van der Waals surface area contributed by atoms with Crippen LogP contribution in [0.4, 0.5) is 10.1 Å². The van der Waals surface area contributed by atoms with Crippen LogP contribution in [0.2, 0.25) is 0 Å². The Hall–Kier alpha value is -2.87. The van der Waals surface area contributed by atoms with Gasteiger partial charge in [-0.25, -0.2) is 4.39 Å². The van der Waals surface area contributed by atoms with Crippen molar-refractivity contribution in [1.82, 2.24) is 10.2 Å². The molecule has 8 heteroatoms. The van der Waals surface area contributed by atoms with Crippen molar-refractivity contribution in [3.05, 3.63) is 65.8 Å². The zero-order valence-corrected chi connectivity index (χ0v) is 17.7. The summed E-state index contributed by atoms with van der Waals surface area (Å²) in [4.78, 5) is 14.9. The molecule has 0 aliphatic carbocycles. The average molecular weight is 428 g/mol. The van der Waals surface area contributed by atoms with Crippen LogP contribution < -0.4 is 9.64 Å². The lowest BCUT2D eigenvalue weighted by Gasteiger charge is -2.25. The summed E-state index contributed by atoms with van der Waals surface area (Å²) in [5.74, 6) is 0.468. The minimum Gasteiger partial charge on any atom is -0.481 e. The molecule has 0 spiro atoms. The highest BCUT2D eigenvalue weighted by molar-refractivity contribution is 8.00. The second-order valence-corrected chi connectivity index (χ2v) is 8.56. The number of carbonyl (C=O) groups is 1. The molecule has 2 aromatic carbocycles. The van der Waals surface area contributed by atoms with Crippen LogP contribution in [0, 0.1) is 5.82 Å².